The van der Waals surface area contributed by atoms with Crippen LogP contribution in [0.4, 0.5) is 11.4 Å². The summed E-state index contributed by atoms with van der Waals surface area (Å²) < 4.78 is 0. The fourth-order valence-corrected chi connectivity index (χ4v) is 3.94. The molecule has 1 atom stereocenters. The normalized spacial score (nSPS) is 22.4. The molecule has 1 N–H and O–H groups in total. The van der Waals surface area contributed by atoms with Crippen molar-refractivity contribution in [2.24, 2.45) is 0 Å². The first-order valence-electron chi connectivity index (χ1n) is 7.93. The number of benzene rings is 2. The lowest BCUT2D eigenvalue weighted by Crippen LogP contribution is -2.63. The lowest BCUT2D eigenvalue weighted by molar-refractivity contribution is 0.0580. The maximum Gasteiger partial charge on any atom is 0.276 e. The van der Waals surface area contributed by atoms with Crippen LogP contribution in [0, 0.1) is 0 Å². The molecule has 6 heteroatoms. The number of amides is 1. The van der Waals surface area contributed by atoms with Crippen LogP contribution in [0.15, 0.2) is 42.5 Å². The summed E-state index contributed by atoms with van der Waals surface area (Å²) >= 11 is 12.1. The van der Waals surface area contributed by atoms with Crippen molar-refractivity contribution in [1.82, 2.24) is 5.01 Å². The van der Waals surface area contributed by atoms with E-state index in [9.17, 15) is 4.79 Å². The van der Waals surface area contributed by atoms with E-state index >= 15 is 0 Å². The minimum Gasteiger partial charge on any atom is -0.347 e. The molecule has 0 aromatic heterocycles. The maximum absolute atomic E-state index is 13.1. The van der Waals surface area contributed by atoms with E-state index in [1.165, 1.54) is 0 Å². The van der Waals surface area contributed by atoms with Crippen LogP contribution in [-0.4, -0.2) is 23.1 Å². The molecule has 4 nitrogen and oxygen atoms in total. The largest absolute Gasteiger partial charge is 0.347 e. The van der Waals surface area contributed by atoms with Gasteiger partial charge in [0.2, 0.25) is 0 Å². The monoisotopic (exact) mass is 361 g/mol. The summed E-state index contributed by atoms with van der Waals surface area (Å²) in [5.41, 5.74) is 5.28. The first-order valence-corrected chi connectivity index (χ1v) is 8.69. The van der Waals surface area contributed by atoms with E-state index < -0.39 is 5.66 Å². The van der Waals surface area contributed by atoms with Gasteiger partial charge in [0.15, 0.2) is 0 Å². The highest BCUT2D eigenvalue weighted by atomic mass is 35.5. The Morgan fingerprint density at radius 1 is 1.08 bits per heavy atom. The Hall–Kier alpha value is -1.91. The van der Waals surface area contributed by atoms with Gasteiger partial charge in [0.1, 0.15) is 5.66 Å². The number of anilines is 2. The summed E-state index contributed by atoms with van der Waals surface area (Å²) in [5.74, 6) is -0.0666. The van der Waals surface area contributed by atoms with Crippen LogP contribution in [0.5, 0.6) is 0 Å². The highest BCUT2D eigenvalue weighted by Gasteiger charge is 2.49. The molecule has 124 valence electrons. The third-order valence-electron chi connectivity index (χ3n) is 4.86. The van der Waals surface area contributed by atoms with Crippen LogP contribution < -0.4 is 10.3 Å². The van der Waals surface area contributed by atoms with Gasteiger partial charge in [0.05, 0.1) is 16.9 Å². The molecule has 0 bridgehead atoms. The molecule has 0 saturated carbocycles. The van der Waals surface area contributed by atoms with Crippen LogP contribution >= 0.6 is 23.2 Å². The Morgan fingerprint density at radius 3 is 2.54 bits per heavy atom. The molecule has 2 aliphatic rings. The van der Waals surface area contributed by atoms with Crippen LogP contribution in [0.2, 0.25) is 10.0 Å². The molecule has 0 radical (unpaired) electrons. The molecule has 2 heterocycles. The van der Waals surface area contributed by atoms with E-state index in [1.54, 1.807) is 23.2 Å². The fourth-order valence-electron chi connectivity index (χ4n) is 3.64. The predicted molar refractivity (Wildman–Crippen MR) is 97.7 cm³/mol. The van der Waals surface area contributed by atoms with Gasteiger partial charge in [-0.2, -0.15) is 0 Å². The van der Waals surface area contributed by atoms with Gasteiger partial charge in [-0.15, -0.1) is 0 Å². The van der Waals surface area contributed by atoms with Gasteiger partial charge in [-0.3, -0.25) is 10.2 Å². The van der Waals surface area contributed by atoms with Crippen LogP contribution in [-0.2, 0) is 0 Å². The smallest absolute Gasteiger partial charge is 0.276 e. The number of halogens is 2. The summed E-state index contributed by atoms with van der Waals surface area (Å²) in [7, 11) is 0. The molecule has 2 aliphatic heterocycles. The average molecular weight is 362 g/mol. The van der Waals surface area contributed by atoms with E-state index in [4.69, 9.17) is 23.2 Å². The number of hydrogen-bond acceptors (Lipinski definition) is 3. The van der Waals surface area contributed by atoms with Crippen molar-refractivity contribution < 1.29 is 4.79 Å². The second-order valence-corrected chi connectivity index (χ2v) is 7.27. The van der Waals surface area contributed by atoms with Gasteiger partial charge in [-0.05, 0) is 62.2 Å². The highest BCUT2D eigenvalue weighted by Crippen LogP contribution is 2.44. The van der Waals surface area contributed by atoms with Gasteiger partial charge >= 0.3 is 0 Å². The highest BCUT2D eigenvalue weighted by molar-refractivity contribution is 6.31. The third kappa shape index (κ3) is 2.33. The number of rotatable bonds is 2. The number of nitrogens with one attached hydrogen (secondary N) is 1. The van der Waals surface area contributed by atoms with E-state index in [2.05, 4.69) is 17.2 Å². The molecule has 1 saturated heterocycles. The van der Waals surface area contributed by atoms with Gasteiger partial charge in [-0.25, -0.2) is 5.01 Å². The zero-order valence-electron chi connectivity index (χ0n) is 13.2. The molecule has 1 unspecified atom stereocenters. The molecule has 0 spiro atoms. The van der Waals surface area contributed by atoms with Gasteiger partial charge in [0.25, 0.3) is 5.91 Å². The Labute approximate surface area is 150 Å². The fraction of sp³-hybridized carbons (Fsp3) is 0.278. The molecule has 4 rings (SSSR count). The van der Waals surface area contributed by atoms with E-state index in [0.717, 1.165) is 30.8 Å². The summed E-state index contributed by atoms with van der Waals surface area (Å²) in [6.07, 6.45) is 1.94. The quantitative estimate of drug-likeness (QED) is 0.834. The van der Waals surface area contributed by atoms with Crippen molar-refractivity contribution in [3.63, 3.8) is 0 Å². The summed E-state index contributed by atoms with van der Waals surface area (Å²) in [5, 5.41) is 2.95. The van der Waals surface area contributed by atoms with Crippen molar-refractivity contribution in [2.75, 3.05) is 16.9 Å². The molecule has 2 aromatic carbocycles. The number of hydrazine groups is 1. The van der Waals surface area contributed by atoms with Crippen LogP contribution in [0.25, 0.3) is 0 Å². The van der Waals surface area contributed by atoms with Gasteiger partial charge in [-0.1, -0.05) is 23.2 Å². The van der Waals surface area contributed by atoms with E-state index in [-0.39, 0.29) is 5.91 Å². The zero-order valence-corrected chi connectivity index (χ0v) is 14.7. The van der Waals surface area contributed by atoms with Crippen LogP contribution in [0.1, 0.15) is 30.1 Å². The van der Waals surface area contributed by atoms with Gasteiger partial charge in [0, 0.05) is 16.6 Å². The molecular weight excluding hydrogens is 345 g/mol. The maximum atomic E-state index is 13.1. The third-order valence-corrected chi connectivity index (χ3v) is 5.35. The second kappa shape index (κ2) is 5.57. The lowest BCUT2D eigenvalue weighted by atomic mass is 10.0. The second-order valence-electron chi connectivity index (χ2n) is 6.39. The Balaban J connectivity index is 1.78. The molecule has 1 fully saturated rings. The van der Waals surface area contributed by atoms with Gasteiger partial charge < -0.3 is 4.90 Å². The molecule has 2 aromatic rings. The number of hydrogen-bond donors (Lipinski definition) is 1. The van der Waals surface area contributed by atoms with Crippen molar-refractivity contribution in [1.29, 1.82) is 0 Å². The van der Waals surface area contributed by atoms with Crippen molar-refractivity contribution >= 4 is 40.5 Å². The number of carbonyl (C=O) groups excluding carboxylic acids is 1. The predicted octanol–water partition coefficient (Wildman–Crippen LogP) is 4.79. The molecular formula is C18H17Cl2N3O. The summed E-state index contributed by atoms with van der Waals surface area (Å²) in [4.78, 5) is 15.4. The first-order chi connectivity index (χ1) is 11.5. The number of carbonyl (C=O) groups is 1. The summed E-state index contributed by atoms with van der Waals surface area (Å²) in [6, 6.07) is 12.9. The van der Waals surface area contributed by atoms with E-state index in [0.29, 0.717) is 15.6 Å². The number of fused-ring (bicyclic) bond motifs is 3. The Kier molecular flexibility index (Phi) is 3.62. The minimum absolute atomic E-state index is 0.0666. The Bertz CT molecular complexity index is 808. The molecule has 24 heavy (non-hydrogen) atoms. The summed E-state index contributed by atoms with van der Waals surface area (Å²) in [6.45, 7) is 3.01. The SMILES string of the molecule is CC12CCCN1c1ccc(Cl)cc1C(=O)N2Nc1ccc(Cl)cc1. The standard InChI is InChI=1S/C18H17Cl2N3O/c1-18-9-2-10-22(18)16-8-5-13(20)11-15(16)17(24)23(18)21-14-6-3-12(19)4-7-14/h3-8,11,21H,2,9-10H2,1H3. The topological polar surface area (TPSA) is 35.6 Å². The zero-order chi connectivity index (χ0) is 16.9. The van der Waals surface area contributed by atoms with E-state index in [1.807, 2.05) is 24.3 Å². The van der Waals surface area contributed by atoms with Crippen molar-refractivity contribution in [2.45, 2.75) is 25.4 Å². The Morgan fingerprint density at radius 2 is 1.79 bits per heavy atom. The van der Waals surface area contributed by atoms with Crippen molar-refractivity contribution in [3.05, 3.63) is 58.1 Å². The molecule has 1 amide bonds. The van der Waals surface area contributed by atoms with Crippen molar-refractivity contribution in [3.8, 4) is 0 Å². The lowest BCUT2D eigenvalue weighted by Gasteiger charge is -2.49. The first kappa shape index (κ1) is 15.6. The molecule has 0 aliphatic carbocycles. The number of nitrogens with zero attached hydrogens (tertiary/aromatic N) is 2. The van der Waals surface area contributed by atoms with Crippen LogP contribution in [0.3, 0.4) is 0 Å². The average Bonchev–Trinajstić information content (AvgIpc) is 2.96. The minimum atomic E-state index is -0.405.